The van der Waals surface area contributed by atoms with Crippen LogP contribution >= 0.6 is 23.2 Å². The van der Waals surface area contributed by atoms with Gasteiger partial charge in [0.2, 0.25) is 5.82 Å². The first-order valence-electron chi connectivity index (χ1n) is 10.5. The van der Waals surface area contributed by atoms with Gasteiger partial charge in [-0.1, -0.05) is 58.7 Å². The fourth-order valence-electron chi connectivity index (χ4n) is 3.34. The number of carbonyl (C=O) groups excluding carboxylic acids is 1. The van der Waals surface area contributed by atoms with Crippen molar-refractivity contribution in [3.8, 4) is 28.5 Å². The Morgan fingerprint density at radius 1 is 0.914 bits per heavy atom. The van der Waals surface area contributed by atoms with Crippen LogP contribution < -0.4 is 10.1 Å². The number of nitrogens with one attached hydrogen (secondary N) is 1. The quantitative estimate of drug-likeness (QED) is 0.253. The van der Waals surface area contributed by atoms with E-state index in [1.807, 2.05) is 36.4 Å². The molecule has 7 nitrogen and oxygen atoms in total. The van der Waals surface area contributed by atoms with Gasteiger partial charge in [0.25, 0.3) is 11.8 Å². The van der Waals surface area contributed by atoms with Crippen LogP contribution in [-0.4, -0.2) is 16.0 Å². The lowest BCUT2D eigenvalue weighted by Gasteiger charge is -2.07. The van der Waals surface area contributed by atoms with E-state index in [2.05, 4.69) is 15.5 Å². The summed E-state index contributed by atoms with van der Waals surface area (Å²) in [7, 11) is 0. The van der Waals surface area contributed by atoms with Crippen molar-refractivity contribution in [2.75, 3.05) is 5.32 Å². The van der Waals surface area contributed by atoms with Gasteiger partial charge in [-0.15, -0.1) is 0 Å². The topological polar surface area (TPSA) is 90.4 Å². The zero-order valence-corrected chi connectivity index (χ0v) is 19.6. The van der Waals surface area contributed by atoms with Crippen LogP contribution in [0.5, 0.6) is 5.75 Å². The van der Waals surface area contributed by atoms with Crippen molar-refractivity contribution < 1.29 is 18.5 Å². The third-order valence-corrected chi connectivity index (χ3v) is 5.57. The molecule has 0 saturated heterocycles. The van der Waals surface area contributed by atoms with E-state index in [-0.39, 0.29) is 18.3 Å². The van der Waals surface area contributed by atoms with E-state index in [0.29, 0.717) is 44.2 Å². The molecule has 9 heteroatoms. The van der Waals surface area contributed by atoms with Gasteiger partial charge in [0.1, 0.15) is 11.5 Å². The number of anilines is 1. The van der Waals surface area contributed by atoms with E-state index in [1.165, 1.54) is 0 Å². The second-order valence-electron chi connectivity index (χ2n) is 7.41. The van der Waals surface area contributed by atoms with Gasteiger partial charge >= 0.3 is 0 Å². The summed E-state index contributed by atoms with van der Waals surface area (Å²) in [4.78, 5) is 17.3. The Hall–Kier alpha value is -4.07. The molecular weight excluding hydrogens is 489 g/mol. The van der Waals surface area contributed by atoms with E-state index in [0.717, 1.165) is 0 Å². The summed E-state index contributed by atoms with van der Waals surface area (Å²) >= 11 is 12.3. The number of benzene rings is 3. The number of para-hydroxylation sites is 2. The highest BCUT2D eigenvalue weighted by atomic mass is 35.5. The van der Waals surface area contributed by atoms with Gasteiger partial charge in [0, 0.05) is 10.6 Å². The zero-order valence-electron chi connectivity index (χ0n) is 18.1. The lowest BCUT2D eigenvalue weighted by Crippen LogP contribution is -2.11. The first-order chi connectivity index (χ1) is 17.1. The molecule has 0 unspecified atom stereocenters. The monoisotopic (exact) mass is 505 g/mol. The van der Waals surface area contributed by atoms with Crippen molar-refractivity contribution in [2.45, 2.75) is 6.61 Å². The Morgan fingerprint density at radius 3 is 2.57 bits per heavy atom. The second-order valence-corrected chi connectivity index (χ2v) is 8.25. The standard InChI is InChI=1S/C26H17Cl2N3O4/c27-16-10-11-20(28)19(14-16)22-12-13-23(34-22)25(32)29-21-9-5-4-8-18(21)26-30-24(31-35-26)15-33-17-6-2-1-3-7-17/h1-14H,15H2,(H,29,32). The average Bonchev–Trinajstić information content (AvgIpc) is 3.56. The molecule has 2 heterocycles. The highest BCUT2D eigenvalue weighted by Crippen LogP contribution is 2.32. The molecule has 0 saturated carbocycles. The molecule has 0 aliphatic carbocycles. The Bertz CT molecular complexity index is 1480. The molecule has 5 rings (SSSR count). The highest BCUT2D eigenvalue weighted by Gasteiger charge is 2.18. The van der Waals surface area contributed by atoms with Crippen molar-refractivity contribution in [3.63, 3.8) is 0 Å². The molecule has 0 spiro atoms. The maximum atomic E-state index is 12.9. The van der Waals surface area contributed by atoms with E-state index < -0.39 is 5.91 Å². The maximum Gasteiger partial charge on any atom is 0.291 e. The van der Waals surface area contributed by atoms with Crippen LogP contribution in [0.4, 0.5) is 5.69 Å². The third-order valence-electron chi connectivity index (χ3n) is 5.01. The minimum Gasteiger partial charge on any atom is -0.485 e. The zero-order chi connectivity index (χ0) is 24.2. The summed E-state index contributed by atoms with van der Waals surface area (Å²) in [6, 6.07) is 24.7. The summed E-state index contributed by atoms with van der Waals surface area (Å²) in [6.07, 6.45) is 0. The van der Waals surface area contributed by atoms with Crippen LogP contribution in [-0.2, 0) is 6.61 Å². The Balaban J connectivity index is 1.32. The van der Waals surface area contributed by atoms with Crippen LogP contribution in [0.2, 0.25) is 10.0 Å². The molecule has 0 aliphatic heterocycles. The first kappa shape index (κ1) is 22.7. The lowest BCUT2D eigenvalue weighted by atomic mass is 10.1. The largest absolute Gasteiger partial charge is 0.485 e. The van der Waals surface area contributed by atoms with Crippen LogP contribution in [0.3, 0.4) is 0 Å². The molecule has 5 aromatic rings. The number of rotatable bonds is 7. The number of furan rings is 1. The molecule has 2 aromatic heterocycles. The van der Waals surface area contributed by atoms with Crippen molar-refractivity contribution in [1.82, 2.24) is 10.1 Å². The van der Waals surface area contributed by atoms with Crippen molar-refractivity contribution in [2.24, 2.45) is 0 Å². The number of nitrogens with zero attached hydrogens (tertiary/aromatic N) is 2. The number of aromatic nitrogens is 2. The molecule has 35 heavy (non-hydrogen) atoms. The highest BCUT2D eigenvalue weighted by molar-refractivity contribution is 6.35. The smallest absolute Gasteiger partial charge is 0.291 e. The molecule has 0 fully saturated rings. The second kappa shape index (κ2) is 10.0. The normalized spacial score (nSPS) is 10.8. The van der Waals surface area contributed by atoms with Crippen LogP contribution in [0, 0.1) is 0 Å². The predicted molar refractivity (Wildman–Crippen MR) is 133 cm³/mol. The minimum absolute atomic E-state index is 0.105. The first-order valence-corrected chi connectivity index (χ1v) is 11.3. The van der Waals surface area contributed by atoms with Gasteiger partial charge in [-0.05, 0) is 54.6 Å². The molecule has 3 aromatic carbocycles. The molecule has 0 radical (unpaired) electrons. The number of amides is 1. The van der Waals surface area contributed by atoms with Crippen molar-refractivity contribution >= 4 is 34.8 Å². The Kier molecular flexibility index (Phi) is 6.52. The van der Waals surface area contributed by atoms with E-state index in [1.54, 1.807) is 48.5 Å². The van der Waals surface area contributed by atoms with E-state index >= 15 is 0 Å². The molecule has 0 aliphatic rings. The fraction of sp³-hybridized carbons (Fsp3) is 0.0385. The lowest BCUT2D eigenvalue weighted by molar-refractivity contribution is 0.0997. The third kappa shape index (κ3) is 5.21. The Labute approximate surface area is 210 Å². The molecule has 0 bridgehead atoms. The summed E-state index contributed by atoms with van der Waals surface area (Å²) in [6.45, 7) is 0.142. The van der Waals surface area contributed by atoms with Crippen LogP contribution in [0.1, 0.15) is 16.4 Å². The predicted octanol–water partition coefficient (Wildman–Crippen LogP) is 7.13. The molecule has 1 N–H and O–H groups in total. The van der Waals surface area contributed by atoms with Crippen molar-refractivity contribution in [1.29, 1.82) is 0 Å². The van der Waals surface area contributed by atoms with Gasteiger partial charge in [-0.25, -0.2) is 0 Å². The van der Waals surface area contributed by atoms with Gasteiger partial charge in [0.05, 0.1) is 16.3 Å². The van der Waals surface area contributed by atoms with Gasteiger partial charge in [-0.2, -0.15) is 4.98 Å². The summed E-state index contributed by atoms with van der Waals surface area (Å²) in [5.41, 5.74) is 1.63. The van der Waals surface area contributed by atoms with Gasteiger partial charge in [0.15, 0.2) is 12.4 Å². The molecule has 0 atom stereocenters. The number of halogens is 2. The van der Waals surface area contributed by atoms with Crippen LogP contribution in [0.25, 0.3) is 22.8 Å². The molecule has 174 valence electrons. The summed E-state index contributed by atoms with van der Waals surface area (Å²) < 4.78 is 16.8. The number of carbonyl (C=O) groups is 1. The Morgan fingerprint density at radius 2 is 1.71 bits per heavy atom. The van der Waals surface area contributed by atoms with E-state index in [4.69, 9.17) is 36.9 Å². The minimum atomic E-state index is -0.450. The SMILES string of the molecule is O=C(Nc1ccccc1-c1nc(COc2ccccc2)no1)c1ccc(-c2cc(Cl)ccc2Cl)o1. The number of ether oxygens (including phenoxy) is 1. The fourth-order valence-corrected chi connectivity index (χ4v) is 3.72. The average molecular weight is 506 g/mol. The number of hydrogen-bond acceptors (Lipinski definition) is 6. The maximum absolute atomic E-state index is 12.9. The van der Waals surface area contributed by atoms with Gasteiger partial charge < -0.3 is 19.0 Å². The van der Waals surface area contributed by atoms with E-state index in [9.17, 15) is 4.79 Å². The van der Waals surface area contributed by atoms with Gasteiger partial charge in [-0.3, -0.25) is 4.79 Å². The summed E-state index contributed by atoms with van der Waals surface area (Å²) in [5.74, 6) is 1.40. The molecule has 1 amide bonds. The van der Waals surface area contributed by atoms with Crippen LogP contribution in [0.15, 0.2) is 93.9 Å². The summed E-state index contributed by atoms with van der Waals surface area (Å²) in [5, 5.41) is 7.78. The molecular formula is C26H17Cl2N3O4. The number of hydrogen-bond donors (Lipinski definition) is 1. The van der Waals surface area contributed by atoms with Crippen molar-refractivity contribution in [3.05, 3.63) is 107 Å².